The highest BCUT2D eigenvalue weighted by atomic mass is 16.5. The first-order valence-corrected chi connectivity index (χ1v) is 8.13. The van der Waals surface area contributed by atoms with Gasteiger partial charge < -0.3 is 14.7 Å². The smallest absolute Gasteiger partial charge is 0.305 e. The number of carboxylic acid groups (broad SMARTS) is 1. The maximum atomic E-state index is 12.7. The van der Waals surface area contributed by atoms with Gasteiger partial charge in [-0.25, -0.2) is 0 Å². The van der Waals surface area contributed by atoms with Crippen LogP contribution in [-0.4, -0.2) is 47.7 Å². The number of benzene rings is 1. The van der Waals surface area contributed by atoms with Gasteiger partial charge in [0, 0.05) is 19.7 Å². The number of carboxylic acids is 1. The number of aryl methyl sites for hydroxylation is 2. The number of hydrogen-bond donors (Lipinski definition) is 1. The average molecular weight is 319 g/mol. The van der Waals surface area contributed by atoms with Gasteiger partial charge in [0.1, 0.15) is 0 Å². The molecular formula is C18H25NO4. The van der Waals surface area contributed by atoms with Gasteiger partial charge in [-0.1, -0.05) is 23.8 Å². The summed E-state index contributed by atoms with van der Waals surface area (Å²) in [6, 6.07) is 6.06. The first-order chi connectivity index (χ1) is 11.0. The summed E-state index contributed by atoms with van der Waals surface area (Å²) in [5, 5.41) is 8.91. The van der Waals surface area contributed by atoms with E-state index < -0.39 is 5.97 Å². The predicted octanol–water partition coefficient (Wildman–Crippen LogP) is 2.33. The minimum absolute atomic E-state index is 0.0320. The molecule has 1 aromatic carbocycles. The van der Waals surface area contributed by atoms with E-state index in [1.54, 1.807) is 4.90 Å². The Kier molecular flexibility index (Phi) is 6.16. The van der Waals surface area contributed by atoms with Crippen LogP contribution in [0.25, 0.3) is 0 Å². The van der Waals surface area contributed by atoms with E-state index in [1.165, 1.54) is 0 Å². The first-order valence-electron chi connectivity index (χ1n) is 8.13. The first kappa shape index (κ1) is 17.5. The van der Waals surface area contributed by atoms with E-state index in [9.17, 15) is 9.59 Å². The number of amides is 1. The van der Waals surface area contributed by atoms with Crippen molar-refractivity contribution in [1.82, 2.24) is 4.90 Å². The second kappa shape index (κ2) is 8.11. The molecule has 0 aromatic heterocycles. The van der Waals surface area contributed by atoms with E-state index in [-0.39, 0.29) is 25.0 Å². The number of carbonyl (C=O) groups excluding carboxylic acids is 1. The number of rotatable bonds is 7. The summed E-state index contributed by atoms with van der Waals surface area (Å²) in [4.78, 5) is 25.2. The molecule has 126 valence electrons. The largest absolute Gasteiger partial charge is 0.481 e. The lowest BCUT2D eigenvalue weighted by Gasteiger charge is -2.25. The molecule has 0 radical (unpaired) electrons. The van der Waals surface area contributed by atoms with Crippen molar-refractivity contribution in [3.8, 4) is 0 Å². The molecule has 0 saturated carbocycles. The molecule has 1 fully saturated rings. The standard InChI is InChI=1S/C18H25NO4/c1-13-5-6-14(2)15(10-13)11-17(20)19(8-7-18(21)22)12-16-4-3-9-23-16/h5-6,10,16H,3-4,7-9,11-12H2,1-2H3,(H,21,22)/t16-/m1/s1. The summed E-state index contributed by atoms with van der Waals surface area (Å²) in [7, 11) is 0. The van der Waals surface area contributed by atoms with Crippen LogP contribution in [0.3, 0.4) is 0 Å². The normalized spacial score (nSPS) is 17.2. The summed E-state index contributed by atoms with van der Waals surface area (Å²) in [6.45, 7) is 5.43. The Hall–Kier alpha value is -1.88. The molecule has 5 heteroatoms. The van der Waals surface area contributed by atoms with Crippen molar-refractivity contribution in [2.24, 2.45) is 0 Å². The molecule has 0 spiro atoms. The Labute approximate surface area is 137 Å². The van der Waals surface area contributed by atoms with Gasteiger partial charge in [-0.2, -0.15) is 0 Å². The Morgan fingerprint density at radius 1 is 1.35 bits per heavy atom. The van der Waals surface area contributed by atoms with Crippen molar-refractivity contribution in [3.63, 3.8) is 0 Å². The van der Waals surface area contributed by atoms with Crippen LogP contribution in [0.15, 0.2) is 18.2 Å². The number of nitrogens with zero attached hydrogens (tertiary/aromatic N) is 1. The minimum Gasteiger partial charge on any atom is -0.481 e. The van der Waals surface area contributed by atoms with Gasteiger partial charge in [-0.15, -0.1) is 0 Å². The maximum Gasteiger partial charge on any atom is 0.305 e. The van der Waals surface area contributed by atoms with Crippen molar-refractivity contribution in [2.45, 2.75) is 45.6 Å². The number of carbonyl (C=O) groups is 2. The van der Waals surface area contributed by atoms with Gasteiger partial charge in [0.25, 0.3) is 0 Å². The molecule has 1 saturated heterocycles. The number of aliphatic carboxylic acids is 1. The molecule has 1 aliphatic heterocycles. The molecule has 2 rings (SSSR count). The molecule has 1 N–H and O–H groups in total. The van der Waals surface area contributed by atoms with Crippen LogP contribution in [0.5, 0.6) is 0 Å². The fourth-order valence-electron chi connectivity index (χ4n) is 2.85. The van der Waals surface area contributed by atoms with E-state index in [0.29, 0.717) is 13.0 Å². The van der Waals surface area contributed by atoms with Crippen molar-refractivity contribution in [3.05, 3.63) is 34.9 Å². The topological polar surface area (TPSA) is 66.8 Å². The lowest BCUT2D eigenvalue weighted by atomic mass is 10.0. The molecule has 1 amide bonds. The van der Waals surface area contributed by atoms with Crippen LogP contribution in [0.1, 0.15) is 36.0 Å². The summed E-state index contributed by atoms with van der Waals surface area (Å²) in [5.41, 5.74) is 3.21. The number of hydrogen-bond acceptors (Lipinski definition) is 3. The average Bonchev–Trinajstić information content (AvgIpc) is 3.00. The van der Waals surface area contributed by atoms with Crippen molar-refractivity contribution in [2.75, 3.05) is 19.7 Å². The molecule has 1 heterocycles. The third kappa shape index (κ3) is 5.36. The van der Waals surface area contributed by atoms with Crippen molar-refractivity contribution in [1.29, 1.82) is 0 Å². The molecule has 1 atom stereocenters. The highest BCUT2D eigenvalue weighted by Gasteiger charge is 2.23. The Morgan fingerprint density at radius 3 is 2.78 bits per heavy atom. The highest BCUT2D eigenvalue weighted by molar-refractivity contribution is 5.80. The zero-order chi connectivity index (χ0) is 16.8. The fraction of sp³-hybridized carbons (Fsp3) is 0.556. The lowest BCUT2D eigenvalue weighted by molar-refractivity contribution is -0.139. The second-order valence-electron chi connectivity index (χ2n) is 6.23. The molecule has 0 unspecified atom stereocenters. The van der Waals surface area contributed by atoms with Crippen LogP contribution in [0.4, 0.5) is 0 Å². The fourth-order valence-corrected chi connectivity index (χ4v) is 2.85. The van der Waals surface area contributed by atoms with Crippen LogP contribution in [-0.2, 0) is 20.7 Å². The molecule has 1 aromatic rings. The van der Waals surface area contributed by atoms with Gasteiger partial charge in [0.15, 0.2) is 0 Å². The molecule has 0 aliphatic carbocycles. The quantitative estimate of drug-likeness (QED) is 0.837. The second-order valence-corrected chi connectivity index (χ2v) is 6.23. The third-order valence-corrected chi connectivity index (χ3v) is 4.24. The zero-order valence-corrected chi connectivity index (χ0v) is 13.9. The molecule has 0 bridgehead atoms. The van der Waals surface area contributed by atoms with E-state index >= 15 is 0 Å². The predicted molar refractivity (Wildman–Crippen MR) is 87.4 cm³/mol. The molecular weight excluding hydrogens is 294 g/mol. The van der Waals surface area contributed by atoms with Crippen LogP contribution >= 0.6 is 0 Å². The number of ether oxygens (including phenoxy) is 1. The summed E-state index contributed by atoms with van der Waals surface area (Å²) >= 11 is 0. The van der Waals surface area contributed by atoms with Gasteiger partial charge in [0.2, 0.25) is 5.91 Å². The maximum absolute atomic E-state index is 12.7. The highest BCUT2D eigenvalue weighted by Crippen LogP contribution is 2.16. The van der Waals surface area contributed by atoms with Gasteiger partial charge in [0.05, 0.1) is 18.9 Å². The van der Waals surface area contributed by atoms with E-state index in [2.05, 4.69) is 0 Å². The van der Waals surface area contributed by atoms with Crippen LogP contribution in [0.2, 0.25) is 0 Å². The molecule has 23 heavy (non-hydrogen) atoms. The summed E-state index contributed by atoms with van der Waals surface area (Å²) < 4.78 is 5.59. The van der Waals surface area contributed by atoms with E-state index in [4.69, 9.17) is 9.84 Å². The molecule has 5 nitrogen and oxygen atoms in total. The lowest BCUT2D eigenvalue weighted by Crippen LogP contribution is -2.39. The summed E-state index contributed by atoms with van der Waals surface area (Å²) in [5.74, 6) is -0.919. The Balaban J connectivity index is 2.04. The minimum atomic E-state index is -0.887. The van der Waals surface area contributed by atoms with E-state index in [0.717, 1.165) is 36.1 Å². The van der Waals surface area contributed by atoms with E-state index in [1.807, 2.05) is 32.0 Å². The Morgan fingerprint density at radius 2 is 2.13 bits per heavy atom. The SMILES string of the molecule is Cc1ccc(C)c(CC(=O)N(CCC(=O)O)C[C@H]2CCCO2)c1. The monoisotopic (exact) mass is 319 g/mol. The Bertz CT molecular complexity index is 564. The summed E-state index contributed by atoms with van der Waals surface area (Å²) in [6.07, 6.45) is 2.24. The van der Waals surface area contributed by atoms with Gasteiger partial charge in [-0.05, 0) is 37.8 Å². The third-order valence-electron chi connectivity index (χ3n) is 4.24. The van der Waals surface area contributed by atoms with Gasteiger partial charge >= 0.3 is 5.97 Å². The zero-order valence-electron chi connectivity index (χ0n) is 13.9. The van der Waals surface area contributed by atoms with Crippen molar-refractivity contribution >= 4 is 11.9 Å². The van der Waals surface area contributed by atoms with Gasteiger partial charge in [-0.3, -0.25) is 9.59 Å². The van der Waals surface area contributed by atoms with Crippen LogP contribution in [0, 0.1) is 13.8 Å². The molecule has 1 aliphatic rings. The van der Waals surface area contributed by atoms with Crippen molar-refractivity contribution < 1.29 is 19.4 Å². The van der Waals surface area contributed by atoms with Crippen LogP contribution < -0.4 is 0 Å².